The second-order valence-corrected chi connectivity index (χ2v) is 7.18. The second-order valence-electron chi connectivity index (χ2n) is 6.26. The Kier molecular flexibility index (Phi) is 5.09. The predicted octanol–water partition coefficient (Wildman–Crippen LogP) is 4.42. The van der Waals surface area contributed by atoms with Gasteiger partial charge < -0.3 is 15.1 Å². The van der Waals surface area contributed by atoms with Crippen LogP contribution in [0, 0.1) is 13.8 Å². The molecule has 2 aromatic rings. The van der Waals surface area contributed by atoms with Crippen molar-refractivity contribution in [1.29, 1.82) is 0 Å². The van der Waals surface area contributed by atoms with Crippen molar-refractivity contribution in [3.8, 4) is 0 Å². The summed E-state index contributed by atoms with van der Waals surface area (Å²) in [5.74, 6) is 0. The summed E-state index contributed by atoms with van der Waals surface area (Å²) in [4.78, 5) is 16.7. The third-order valence-corrected chi connectivity index (χ3v) is 4.71. The molecular weight excluding hydrogens is 366 g/mol. The Morgan fingerprint density at radius 2 is 1.67 bits per heavy atom. The van der Waals surface area contributed by atoms with Gasteiger partial charge in [-0.3, -0.25) is 0 Å². The van der Waals surface area contributed by atoms with E-state index in [9.17, 15) is 4.79 Å². The standard InChI is InChI=1S/C19H22BrN3O/c1-14-10-15(2)12-17(11-14)21-19(24)23-8-6-22(7-9-23)18-5-3-4-16(20)13-18/h3-5,10-13H,6-9H2,1-2H3,(H,21,24). The highest BCUT2D eigenvalue weighted by atomic mass is 79.9. The van der Waals surface area contributed by atoms with Crippen LogP contribution >= 0.6 is 15.9 Å². The van der Waals surface area contributed by atoms with Crippen LogP contribution in [0.3, 0.4) is 0 Å². The van der Waals surface area contributed by atoms with Gasteiger partial charge in [-0.05, 0) is 55.3 Å². The van der Waals surface area contributed by atoms with Gasteiger partial charge in [0.2, 0.25) is 0 Å². The smallest absolute Gasteiger partial charge is 0.321 e. The van der Waals surface area contributed by atoms with E-state index < -0.39 is 0 Å². The van der Waals surface area contributed by atoms with Gasteiger partial charge in [0.05, 0.1) is 0 Å². The number of piperazine rings is 1. The van der Waals surface area contributed by atoms with Crippen LogP contribution in [-0.4, -0.2) is 37.1 Å². The molecule has 0 radical (unpaired) electrons. The Morgan fingerprint density at radius 1 is 1.00 bits per heavy atom. The third-order valence-electron chi connectivity index (χ3n) is 4.21. The predicted molar refractivity (Wildman–Crippen MR) is 103 cm³/mol. The highest BCUT2D eigenvalue weighted by Gasteiger charge is 2.21. The average Bonchev–Trinajstić information content (AvgIpc) is 2.54. The summed E-state index contributed by atoms with van der Waals surface area (Å²) >= 11 is 3.51. The van der Waals surface area contributed by atoms with Crippen molar-refractivity contribution in [2.75, 3.05) is 36.4 Å². The first-order valence-electron chi connectivity index (χ1n) is 8.16. The SMILES string of the molecule is Cc1cc(C)cc(NC(=O)N2CCN(c3cccc(Br)c3)CC2)c1. The van der Waals surface area contributed by atoms with Gasteiger partial charge in [0.25, 0.3) is 0 Å². The minimum atomic E-state index is -0.0195. The van der Waals surface area contributed by atoms with Gasteiger partial charge in [-0.2, -0.15) is 0 Å². The summed E-state index contributed by atoms with van der Waals surface area (Å²) < 4.78 is 1.08. The largest absolute Gasteiger partial charge is 0.368 e. The molecule has 0 saturated carbocycles. The average molecular weight is 388 g/mol. The maximum atomic E-state index is 12.5. The molecule has 1 fully saturated rings. The lowest BCUT2D eigenvalue weighted by atomic mass is 10.1. The van der Waals surface area contributed by atoms with Crippen molar-refractivity contribution >= 4 is 33.3 Å². The first kappa shape index (κ1) is 16.8. The molecule has 1 N–H and O–H groups in total. The van der Waals surface area contributed by atoms with E-state index >= 15 is 0 Å². The summed E-state index contributed by atoms with van der Waals surface area (Å²) in [6.45, 7) is 7.22. The third kappa shape index (κ3) is 4.09. The Bertz CT molecular complexity index is 719. The number of amides is 2. The number of anilines is 2. The Balaban J connectivity index is 1.59. The highest BCUT2D eigenvalue weighted by molar-refractivity contribution is 9.10. The number of urea groups is 1. The number of nitrogens with zero attached hydrogens (tertiary/aromatic N) is 2. The van der Waals surface area contributed by atoms with E-state index in [1.807, 2.05) is 43.0 Å². The van der Waals surface area contributed by atoms with Gasteiger partial charge in [-0.1, -0.05) is 28.1 Å². The molecule has 2 amide bonds. The minimum Gasteiger partial charge on any atom is -0.368 e. The van der Waals surface area contributed by atoms with Gasteiger partial charge in [0.1, 0.15) is 0 Å². The number of carbonyl (C=O) groups excluding carboxylic acids is 1. The fourth-order valence-electron chi connectivity index (χ4n) is 3.09. The number of hydrogen-bond donors (Lipinski definition) is 1. The first-order chi connectivity index (χ1) is 11.5. The molecular formula is C19H22BrN3O. The number of benzene rings is 2. The van der Waals surface area contributed by atoms with Crippen LogP contribution in [0.15, 0.2) is 46.9 Å². The molecule has 5 heteroatoms. The van der Waals surface area contributed by atoms with Crippen molar-refractivity contribution in [3.05, 3.63) is 58.1 Å². The highest BCUT2D eigenvalue weighted by Crippen LogP contribution is 2.21. The molecule has 0 atom stereocenters. The maximum absolute atomic E-state index is 12.5. The quantitative estimate of drug-likeness (QED) is 0.827. The molecule has 1 aliphatic rings. The Hall–Kier alpha value is -2.01. The Labute approximate surface area is 151 Å². The molecule has 0 bridgehead atoms. The molecule has 0 spiro atoms. The van der Waals surface area contributed by atoms with E-state index in [4.69, 9.17) is 0 Å². The summed E-state index contributed by atoms with van der Waals surface area (Å²) in [5, 5.41) is 3.02. The summed E-state index contributed by atoms with van der Waals surface area (Å²) in [6.07, 6.45) is 0. The monoisotopic (exact) mass is 387 g/mol. The molecule has 0 aromatic heterocycles. The summed E-state index contributed by atoms with van der Waals surface area (Å²) in [7, 11) is 0. The van der Waals surface area contributed by atoms with E-state index in [1.54, 1.807) is 0 Å². The van der Waals surface area contributed by atoms with Gasteiger partial charge in [0.15, 0.2) is 0 Å². The zero-order valence-corrected chi connectivity index (χ0v) is 15.6. The van der Waals surface area contributed by atoms with Crippen molar-refractivity contribution < 1.29 is 4.79 Å². The topological polar surface area (TPSA) is 35.6 Å². The van der Waals surface area contributed by atoms with E-state index in [0.29, 0.717) is 0 Å². The van der Waals surface area contributed by atoms with E-state index in [0.717, 1.165) is 47.5 Å². The number of carbonyl (C=O) groups is 1. The molecule has 24 heavy (non-hydrogen) atoms. The van der Waals surface area contributed by atoms with Crippen LogP contribution in [0.5, 0.6) is 0 Å². The Morgan fingerprint density at radius 3 is 2.29 bits per heavy atom. The van der Waals surface area contributed by atoms with Crippen molar-refractivity contribution in [2.45, 2.75) is 13.8 Å². The first-order valence-corrected chi connectivity index (χ1v) is 8.95. The molecule has 1 heterocycles. The molecule has 2 aromatic carbocycles. The zero-order chi connectivity index (χ0) is 17.1. The van der Waals surface area contributed by atoms with Crippen molar-refractivity contribution in [3.63, 3.8) is 0 Å². The van der Waals surface area contributed by atoms with E-state index in [-0.39, 0.29) is 6.03 Å². The lowest BCUT2D eigenvalue weighted by Crippen LogP contribution is -2.50. The molecule has 1 saturated heterocycles. The van der Waals surface area contributed by atoms with Gasteiger partial charge in [0, 0.05) is 42.0 Å². The fourth-order valence-corrected chi connectivity index (χ4v) is 3.48. The van der Waals surface area contributed by atoms with Crippen LogP contribution < -0.4 is 10.2 Å². The molecule has 0 aliphatic carbocycles. The number of hydrogen-bond acceptors (Lipinski definition) is 2. The molecule has 4 nitrogen and oxygen atoms in total. The van der Waals surface area contributed by atoms with E-state index in [1.165, 1.54) is 5.69 Å². The van der Waals surface area contributed by atoms with Gasteiger partial charge >= 0.3 is 6.03 Å². The fraction of sp³-hybridized carbons (Fsp3) is 0.316. The van der Waals surface area contributed by atoms with Crippen LogP contribution in [0.1, 0.15) is 11.1 Å². The minimum absolute atomic E-state index is 0.0195. The molecule has 126 valence electrons. The van der Waals surface area contributed by atoms with Crippen LogP contribution in [0.25, 0.3) is 0 Å². The van der Waals surface area contributed by atoms with Crippen LogP contribution in [-0.2, 0) is 0 Å². The van der Waals surface area contributed by atoms with Gasteiger partial charge in [-0.15, -0.1) is 0 Å². The summed E-state index contributed by atoms with van der Waals surface area (Å²) in [5.41, 5.74) is 4.38. The summed E-state index contributed by atoms with van der Waals surface area (Å²) in [6, 6.07) is 14.4. The molecule has 1 aliphatic heterocycles. The van der Waals surface area contributed by atoms with Crippen LogP contribution in [0.2, 0.25) is 0 Å². The normalized spacial score (nSPS) is 14.6. The van der Waals surface area contributed by atoms with Crippen LogP contribution in [0.4, 0.5) is 16.2 Å². The number of rotatable bonds is 2. The number of aryl methyl sites for hydroxylation is 2. The lowest BCUT2D eigenvalue weighted by molar-refractivity contribution is 0.208. The number of halogens is 1. The number of nitrogens with one attached hydrogen (secondary N) is 1. The second kappa shape index (κ2) is 7.26. The van der Waals surface area contributed by atoms with Crippen molar-refractivity contribution in [2.24, 2.45) is 0 Å². The maximum Gasteiger partial charge on any atom is 0.321 e. The zero-order valence-electron chi connectivity index (χ0n) is 14.1. The molecule has 3 rings (SSSR count). The van der Waals surface area contributed by atoms with Gasteiger partial charge in [-0.25, -0.2) is 4.79 Å². The van der Waals surface area contributed by atoms with E-state index in [2.05, 4.69) is 44.3 Å². The van der Waals surface area contributed by atoms with Crippen molar-refractivity contribution in [1.82, 2.24) is 4.90 Å². The lowest BCUT2D eigenvalue weighted by Gasteiger charge is -2.36. The molecule has 0 unspecified atom stereocenters.